The SMILES string of the molecule is Cc1ccc(B2OC(C)(C)C(C)(C)O2)cc1COc1ccc(F)cc1. The predicted octanol–water partition coefficient (Wildman–Crippen LogP) is 4.01. The molecule has 132 valence electrons. The second-order valence-corrected chi connectivity index (χ2v) is 7.52. The van der Waals surface area contributed by atoms with Crippen molar-refractivity contribution >= 4 is 12.6 Å². The van der Waals surface area contributed by atoms with E-state index in [2.05, 4.69) is 6.07 Å². The zero-order valence-electron chi connectivity index (χ0n) is 15.4. The second-order valence-electron chi connectivity index (χ2n) is 7.52. The minimum atomic E-state index is -0.393. The molecule has 0 radical (unpaired) electrons. The van der Waals surface area contributed by atoms with Gasteiger partial charge in [0, 0.05) is 0 Å². The molecule has 0 aliphatic carbocycles. The van der Waals surface area contributed by atoms with E-state index in [0.717, 1.165) is 16.6 Å². The van der Waals surface area contributed by atoms with E-state index in [1.807, 2.05) is 46.8 Å². The predicted molar refractivity (Wildman–Crippen MR) is 97.6 cm³/mol. The summed E-state index contributed by atoms with van der Waals surface area (Å²) in [5.74, 6) is 0.369. The first-order chi connectivity index (χ1) is 11.7. The Bertz CT molecular complexity index is 740. The highest BCUT2D eigenvalue weighted by molar-refractivity contribution is 6.62. The second kappa shape index (κ2) is 6.47. The van der Waals surface area contributed by atoms with Gasteiger partial charge in [-0.15, -0.1) is 0 Å². The van der Waals surface area contributed by atoms with Crippen LogP contribution in [0, 0.1) is 12.7 Å². The van der Waals surface area contributed by atoms with Gasteiger partial charge in [0.2, 0.25) is 0 Å². The largest absolute Gasteiger partial charge is 0.494 e. The van der Waals surface area contributed by atoms with Gasteiger partial charge in [0.15, 0.2) is 0 Å². The summed E-state index contributed by atoms with van der Waals surface area (Å²) >= 11 is 0. The molecule has 1 aliphatic heterocycles. The molecule has 0 bridgehead atoms. The van der Waals surface area contributed by atoms with Crippen molar-refractivity contribution in [3.63, 3.8) is 0 Å². The van der Waals surface area contributed by atoms with E-state index in [0.29, 0.717) is 12.4 Å². The lowest BCUT2D eigenvalue weighted by molar-refractivity contribution is 0.00578. The van der Waals surface area contributed by atoms with Crippen LogP contribution in [0.4, 0.5) is 4.39 Å². The Balaban J connectivity index is 1.76. The van der Waals surface area contributed by atoms with Gasteiger partial charge in [-0.05, 0) is 75.5 Å². The van der Waals surface area contributed by atoms with Crippen LogP contribution in [0.25, 0.3) is 0 Å². The van der Waals surface area contributed by atoms with E-state index >= 15 is 0 Å². The highest BCUT2D eigenvalue weighted by Gasteiger charge is 2.51. The molecule has 3 rings (SSSR count). The summed E-state index contributed by atoms with van der Waals surface area (Å²) in [7, 11) is -0.393. The topological polar surface area (TPSA) is 27.7 Å². The number of benzene rings is 2. The Hall–Kier alpha value is -1.85. The van der Waals surface area contributed by atoms with Gasteiger partial charge in [0.1, 0.15) is 18.2 Å². The lowest BCUT2D eigenvalue weighted by Crippen LogP contribution is -2.41. The summed E-state index contributed by atoms with van der Waals surface area (Å²) in [6, 6.07) is 12.2. The fourth-order valence-corrected chi connectivity index (χ4v) is 2.66. The molecule has 0 unspecified atom stereocenters. The van der Waals surface area contributed by atoms with Crippen LogP contribution in [0.15, 0.2) is 42.5 Å². The standard InChI is InChI=1S/C20H24BFO3/c1-14-6-7-16(21-24-19(2,3)20(4,5)25-21)12-15(14)13-23-18-10-8-17(22)9-11-18/h6-12H,13H2,1-5H3. The smallest absolute Gasteiger partial charge is 0.489 e. The van der Waals surface area contributed by atoms with Gasteiger partial charge >= 0.3 is 7.12 Å². The van der Waals surface area contributed by atoms with Crippen LogP contribution >= 0.6 is 0 Å². The van der Waals surface area contributed by atoms with Crippen LogP contribution in [-0.2, 0) is 15.9 Å². The number of ether oxygens (including phenoxy) is 1. The summed E-state index contributed by atoms with van der Waals surface area (Å²) in [6.07, 6.45) is 0. The number of halogens is 1. The molecule has 25 heavy (non-hydrogen) atoms. The van der Waals surface area contributed by atoms with Crippen molar-refractivity contribution in [1.82, 2.24) is 0 Å². The molecule has 1 saturated heterocycles. The highest BCUT2D eigenvalue weighted by atomic mass is 19.1. The van der Waals surface area contributed by atoms with Crippen molar-refractivity contribution in [3.8, 4) is 5.75 Å². The first-order valence-electron chi connectivity index (χ1n) is 8.51. The van der Waals surface area contributed by atoms with Crippen LogP contribution in [0.5, 0.6) is 5.75 Å². The van der Waals surface area contributed by atoms with Gasteiger partial charge in [-0.1, -0.05) is 18.2 Å². The van der Waals surface area contributed by atoms with Crippen LogP contribution in [0.2, 0.25) is 0 Å². The molecule has 1 aliphatic rings. The summed E-state index contributed by atoms with van der Waals surface area (Å²) in [4.78, 5) is 0. The van der Waals surface area contributed by atoms with E-state index < -0.39 is 7.12 Å². The molecule has 0 amide bonds. The Labute approximate surface area is 149 Å². The lowest BCUT2D eigenvalue weighted by Gasteiger charge is -2.32. The normalized spacial score (nSPS) is 18.4. The van der Waals surface area contributed by atoms with Gasteiger partial charge < -0.3 is 14.0 Å². The van der Waals surface area contributed by atoms with Crippen molar-refractivity contribution in [1.29, 1.82) is 0 Å². The molecule has 0 atom stereocenters. The minimum Gasteiger partial charge on any atom is -0.489 e. The number of hydrogen-bond donors (Lipinski definition) is 0. The zero-order chi connectivity index (χ0) is 18.2. The molecule has 5 heteroatoms. The molecule has 1 heterocycles. The van der Waals surface area contributed by atoms with Crippen molar-refractivity contribution in [3.05, 3.63) is 59.4 Å². The van der Waals surface area contributed by atoms with Gasteiger partial charge in [-0.25, -0.2) is 4.39 Å². The Kier molecular flexibility index (Phi) is 4.65. The molecule has 2 aromatic rings. The van der Waals surface area contributed by atoms with Crippen LogP contribution in [0.1, 0.15) is 38.8 Å². The van der Waals surface area contributed by atoms with Crippen LogP contribution in [0.3, 0.4) is 0 Å². The van der Waals surface area contributed by atoms with Gasteiger partial charge in [-0.3, -0.25) is 0 Å². The van der Waals surface area contributed by atoms with E-state index in [1.165, 1.54) is 12.1 Å². The molecule has 2 aromatic carbocycles. The summed E-state index contributed by atoms with van der Waals surface area (Å²) in [6.45, 7) is 10.6. The molecule has 1 fully saturated rings. The van der Waals surface area contributed by atoms with Gasteiger partial charge in [0.05, 0.1) is 11.2 Å². The maximum Gasteiger partial charge on any atom is 0.494 e. The minimum absolute atomic E-state index is 0.272. The maximum atomic E-state index is 13.0. The monoisotopic (exact) mass is 342 g/mol. The third kappa shape index (κ3) is 3.72. The molecule has 0 aromatic heterocycles. The molecule has 0 spiro atoms. The average Bonchev–Trinajstić information content (AvgIpc) is 2.76. The molecule has 0 N–H and O–H groups in total. The summed E-state index contributed by atoms with van der Waals surface area (Å²) in [5, 5.41) is 0. The first-order valence-corrected chi connectivity index (χ1v) is 8.51. The Morgan fingerprint density at radius 1 is 0.960 bits per heavy atom. The van der Waals surface area contributed by atoms with Crippen molar-refractivity contribution < 1.29 is 18.4 Å². The number of hydrogen-bond acceptors (Lipinski definition) is 3. The Morgan fingerprint density at radius 2 is 1.56 bits per heavy atom. The van der Waals surface area contributed by atoms with Crippen molar-refractivity contribution in [2.24, 2.45) is 0 Å². The zero-order valence-corrected chi connectivity index (χ0v) is 15.4. The van der Waals surface area contributed by atoms with Crippen LogP contribution in [-0.4, -0.2) is 18.3 Å². The van der Waals surface area contributed by atoms with Crippen molar-refractivity contribution in [2.45, 2.75) is 52.4 Å². The third-order valence-electron chi connectivity index (χ3n) is 5.11. The molecular weight excluding hydrogens is 318 g/mol. The van der Waals surface area contributed by atoms with E-state index in [9.17, 15) is 4.39 Å². The number of rotatable bonds is 4. The van der Waals surface area contributed by atoms with E-state index in [4.69, 9.17) is 14.0 Å². The van der Waals surface area contributed by atoms with E-state index in [1.54, 1.807) is 12.1 Å². The fraction of sp³-hybridized carbons (Fsp3) is 0.400. The lowest BCUT2D eigenvalue weighted by atomic mass is 9.78. The Morgan fingerprint density at radius 3 is 2.16 bits per heavy atom. The average molecular weight is 342 g/mol. The molecule has 0 saturated carbocycles. The maximum absolute atomic E-state index is 13.0. The van der Waals surface area contributed by atoms with Crippen LogP contribution < -0.4 is 10.2 Å². The fourth-order valence-electron chi connectivity index (χ4n) is 2.66. The van der Waals surface area contributed by atoms with Gasteiger partial charge in [0.25, 0.3) is 0 Å². The van der Waals surface area contributed by atoms with E-state index in [-0.39, 0.29) is 17.0 Å². The molecule has 3 nitrogen and oxygen atoms in total. The quantitative estimate of drug-likeness (QED) is 0.786. The third-order valence-corrected chi connectivity index (χ3v) is 5.11. The molecular formula is C20H24BFO3. The summed E-state index contributed by atoms with van der Waals surface area (Å²) < 4.78 is 31.0. The van der Waals surface area contributed by atoms with Crippen molar-refractivity contribution in [2.75, 3.05) is 0 Å². The number of aryl methyl sites for hydroxylation is 1. The highest BCUT2D eigenvalue weighted by Crippen LogP contribution is 2.36. The summed E-state index contributed by atoms with van der Waals surface area (Å²) in [5.41, 5.74) is 2.42. The first kappa shape index (κ1) is 18.0. The van der Waals surface area contributed by atoms with Gasteiger partial charge in [-0.2, -0.15) is 0 Å².